The number of carbonyl (C=O) groups is 4. The zero-order valence-electron chi connectivity index (χ0n) is 20.5. The van der Waals surface area contributed by atoms with Crippen LogP contribution in [0.5, 0.6) is 0 Å². The van der Waals surface area contributed by atoms with E-state index in [0.29, 0.717) is 37.1 Å². The number of thiophene rings is 1. The van der Waals surface area contributed by atoms with E-state index in [1.807, 2.05) is 25.1 Å². The predicted octanol–water partition coefficient (Wildman–Crippen LogP) is 1.23. The molecule has 208 valence electrons. The molecular weight excluding hydrogens is 504 g/mol. The minimum absolute atomic E-state index is 0. The van der Waals surface area contributed by atoms with Gasteiger partial charge in [-0.25, -0.2) is 0 Å². The van der Waals surface area contributed by atoms with Crippen molar-refractivity contribution in [3.8, 4) is 0 Å². The SMILES string of the molecule is Cc1ccc(C(=O)N[C@H]2CCCCC/C=C\[C@@H]3C[C@@]3(C(N)=O)NC(=O)[C@@H]3CCCN3C2=O)s1.O.O.S.[HH].[HH].[HH]. The summed E-state index contributed by atoms with van der Waals surface area (Å²) >= 11 is 1.39. The van der Waals surface area contributed by atoms with Crippen LogP contribution in [0.3, 0.4) is 0 Å². The van der Waals surface area contributed by atoms with E-state index in [1.165, 1.54) is 11.3 Å². The number of rotatable bonds is 3. The monoisotopic (exact) mass is 548 g/mol. The highest BCUT2D eigenvalue weighted by Crippen LogP contribution is 2.45. The van der Waals surface area contributed by atoms with Gasteiger partial charge in [-0.15, -0.1) is 11.3 Å². The summed E-state index contributed by atoms with van der Waals surface area (Å²) < 4.78 is 0. The van der Waals surface area contributed by atoms with E-state index in [0.717, 1.165) is 30.6 Å². The van der Waals surface area contributed by atoms with Crippen LogP contribution in [0, 0.1) is 12.8 Å². The third-order valence-corrected chi connectivity index (χ3v) is 7.94. The fourth-order valence-electron chi connectivity index (χ4n) is 4.91. The normalized spacial score (nSPS) is 28.8. The lowest BCUT2D eigenvalue weighted by atomic mass is 10.0. The minimum atomic E-state index is -1.06. The van der Waals surface area contributed by atoms with Crippen LogP contribution in [0.4, 0.5) is 0 Å². The van der Waals surface area contributed by atoms with Gasteiger partial charge in [0.25, 0.3) is 5.91 Å². The Morgan fingerprint density at radius 2 is 1.92 bits per heavy atom. The molecule has 4 amide bonds. The van der Waals surface area contributed by atoms with Crippen LogP contribution in [-0.4, -0.2) is 63.6 Å². The van der Waals surface area contributed by atoms with E-state index in [2.05, 4.69) is 10.6 Å². The molecule has 0 unspecified atom stereocenters. The standard InChI is InChI=1S/C24H32N4O4S.2H2O.H2S.3H2/c1-15-11-12-19(33-15)21(30)26-17-9-6-4-2-3-5-8-16-14-24(16,23(25)32)27-20(29)18-10-7-13-28(18)22(17)31;;;;;;/h5,8,11-12,16-18H,2-4,6-7,9-10,13-14H2,1H3,(H2,25,32)(H,26,30)(H,27,29);3*1H2;3*1H/b8-5-;;;;;;/t16-,17+,18+,24-;;;;;;/m1....../s1. The molecule has 4 atom stereocenters. The Kier molecular flexibility index (Phi) is 11.6. The van der Waals surface area contributed by atoms with Crippen LogP contribution in [-0.2, 0) is 14.4 Å². The van der Waals surface area contributed by atoms with Crippen LogP contribution >= 0.6 is 24.8 Å². The molecule has 10 nitrogen and oxygen atoms in total. The highest BCUT2D eigenvalue weighted by molar-refractivity contribution is 7.59. The Balaban J connectivity index is -0.00000216. The average Bonchev–Trinajstić information content (AvgIpc) is 3.11. The third-order valence-electron chi connectivity index (χ3n) is 6.94. The van der Waals surface area contributed by atoms with Crippen LogP contribution in [0.25, 0.3) is 0 Å². The van der Waals surface area contributed by atoms with Crippen molar-refractivity contribution >= 4 is 48.5 Å². The van der Waals surface area contributed by atoms with Gasteiger partial charge in [0.15, 0.2) is 0 Å². The number of aryl methyl sites for hydroxylation is 1. The van der Waals surface area contributed by atoms with Gasteiger partial charge in [0.1, 0.15) is 17.6 Å². The number of primary amides is 1. The summed E-state index contributed by atoms with van der Waals surface area (Å²) in [5.41, 5.74) is 4.59. The van der Waals surface area contributed by atoms with Crippen molar-refractivity contribution in [1.29, 1.82) is 0 Å². The maximum absolute atomic E-state index is 13.5. The molecule has 3 heterocycles. The molecule has 1 aromatic rings. The van der Waals surface area contributed by atoms with Gasteiger partial charge in [-0.2, -0.15) is 13.5 Å². The summed E-state index contributed by atoms with van der Waals surface area (Å²) in [5.74, 6) is -1.48. The fraction of sp³-hybridized carbons (Fsp3) is 0.583. The zero-order valence-corrected chi connectivity index (χ0v) is 22.3. The van der Waals surface area contributed by atoms with Gasteiger partial charge in [-0.05, 0) is 57.6 Å². The van der Waals surface area contributed by atoms with E-state index in [1.54, 1.807) is 11.0 Å². The molecule has 12 heteroatoms. The van der Waals surface area contributed by atoms with Crippen molar-refractivity contribution in [2.24, 2.45) is 11.7 Å². The number of amides is 4. The molecule has 2 aliphatic heterocycles. The molecule has 2 fully saturated rings. The van der Waals surface area contributed by atoms with Gasteiger partial charge >= 0.3 is 0 Å². The second-order valence-electron chi connectivity index (χ2n) is 9.33. The van der Waals surface area contributed by atoms with Crippen molar-refractivity contribution < 1.29 is 34.4 Å². The number of fused-ring (bicyclic) bond motifs is 2. The Labute approximate surface area is 226 Å². The Morgan fingerprint density at radius 3 is 2.58 bits per heavy atom. The third kappa shape index (κ3) is 6.67. The Morgan fingerprint density at radius 1 is 1.17 bits per heavy atom. The number of hydrogen-bond acceptors (Lipinski definition) is 5. The van der Waals surface area contributed by atoms with Crippen molar-refractivity contribution in [1.82, 2.24) is 15.5 Å². The molecule has 1 saturated carbocycles. The van der Waals surface area contributed by atoms with Gasteiger partial charge in [0.2, 0.25) is 17.7 Å². The highest BCUT2D eigenvalue weighted by atomic mass is 32.1. The van der Waals surface area contributed by atoms with Crippen molar-refractivity contribution in [3.63, 3.8) is 0 Å². The number of nitrogens with two attached hydrogens (primary N) is 1. The van der Waals surface area contributed by atoms with E-state index >= 15 is 0 Å². The molecule has 3 aliphatic rings. The Hall–Kier alpha value is -2.41. The highest BCUT2D eigenvalue weighted by Gasteiger charge is 2.59. The lowest BCUT2D eigenvalue weighted by Crippen LogP contribution is -2.57. The Bertz CT molecular complexity index is 999. The lowest BCUT2D eigenvalue weighted by Gasteiger charge is -2.29. The maximum atomic E-state index is 13.5. The number of nitrogens with zero attached hydrogens (tertiary/aromatic N) is 1. The molecule has 0 spiro atoms. The summed E-state index contributed by atoms with van der Waals surface area (Å²) in [6, 6.07) is 2.30. The first-order valence-electron chi connectivity index (χ1n) is 11.8. The summed E-state index contributed by atoms with van der Waals surface area (Å²) in [7, 11) is 0. The summed E-state index contributed by atoms with van der Waals surface area (Å²) in [6.45, 7) is 2.39. The zero-order chi connectivity index (χ0) is 23.6. The molecule has 0 bridgehead atoms. The van der Waals surface area contributed by atoms with Crippen LogP contribution in [0.15, 0.2) is 24.3 Å². The van der Waals surface area contributed by atoms with E-state index in [-0.39, 0.29) is 52.4 Å². The minimum Gasteiger partial charge on any atom is -0.412 e. The van der Waals surface area contributed by atoms with Crippen molar-refractivity contribution in [3.05, 3.63) is 34.0 Å². The van der Waals surface area contributed by atoms with Gasteiger partial charge in [0.05, 0.1) is 4.88 Å². The average molecular weight is 549 g/mol. The first-order valence-corrected chi connectivity index (χ1v) is 12.6. The quantitative estimate of drug-likeness (QED) is 0.480. The molecular formula is C24H44N4O6S2. The molecule has 1 aliphatic carbocycles. The predicted molar refractivity (Wildman–Crippen MR) is 149 cm³/mol. The summed E-state index contributed by atoms with van der Waals surface area (Å²) in [5, 5.41) is 5.79. The first-order chi connectivity index (χ1) is 15.8. The maximum Gasteiger partial charge on any atom is 0.262 e. The summed E-state index contributed by atoms with van der Waals surface area (Å²) in [4.78, 5) is 54.8. The topological polar surface area (TPSA) is 185 Å². The van der Waals surface area contributed by atoms with Crippen LogP contribution in [0.2, 0.25) is 0 Å². The number of allylic oxidation sites excluding steroid dienone is 1. The van der Waals surface area contributed by atoms with E-state index in [9.17, 15) is 19.2 Å². The van der Waals surface area contributed by atoms with Gasteiger partial charge in [-0.1, -0.05) is 25.0 Å². The van der Waals surface area contributed by atoms with Gasteiger partial charge in [0, 0.05) is 21.6 Å². The van der Waals surface area contributed by atoms with Gasteiger partial charge < -0.3 is 32.2 Å². The van der Waals surface area contributed by atoms with Crippen molar-refractivity contribution in [2.45, 2.75) is 75.9 Å². The van der Waals surface area contributed by atoms with Crippen LogP contribution < -0.4 is 16.4 Å². The van der Waals surface area contributed by atoms with E-state index in [4.69, 9.17) is 5.73 Å². The lowest BCUT2D eigenvalue weighted by molar-refractivity contribution is -0.141. The van der Waals surface area contributed by atoms with Crippen LogP contribution in [0.1, 0.15) is 70.2 Å². The molecule has 8 N–H and O–H groups in total. The number of carbonyl (C=O) groups excluding carboxylic acids is 4. The molecule has 0 radical (unpaired) electrons. The van der Waals surface area contributed by atoms with Gasteiger partial charge in [-0.3, -0.25) is 19.2 Å². The van der Waals surface area contributed by atoms with Crippen molar-refractivity contribution in [2.75, 3.05) is 6.54 Å². The summed E-state index contributed by atoms with van der Waals surface area (Å²) in [6.07, 6.45) is 9.79. The number of nitrogens with one attached hydrogen (secondary N) is 2. The molecule has 1 aromatic heterocycles. The second kappa shape index (κ2) is 13.2. The fourth-order valence-corrected chi connectivity index (χ4v) is 5.68. The second-order valence-corrected chi connectivity index (χ2v) is 10.6. The van der Waals surface area contributed by atoms with E-state index < -0.39 is 23.5 Å². The smallest absolute Gasteiger partial charge is 0.262 e. The molecule has 0 aromatic carbocycles. The first kappa shape index (κ1) is 31.6. The molecule has 36 heavy (non-hydrogen) atoms. The largest absolute Gasteiger partial charge is 0.412 e. The molecule has 1 saturated heterocycles. The molecule has 4 rings (SSSR count). The number of hydrogen-bond donors (Lipinski definition) is 3.